The number of hydrogen-bond donors (Lipinski definition) is 6. The van der Waals surface area contributed by atoms with Crippen LogP contribution in [-0.2, 0) is 19.6 Å². The Labute approximate surface area is 339 Å². The number of aromatic hydroxyl groups is 3. The zero-order valence-electron chi connectivity index (χ0n) is 26.8. The van der Waals surface area contributed by atoms with Crippen molar-refractivity contribution in [3.05, 3.63) is 155 Å². The third-order valence-electron chi connectivity index (χ3n) is 6.78. The zero-order chi connectivity index (χ0) is 37.6. The molecular formula is C36H29Br3Cl3FN6O3. The van der Waals surface area contributed by atoms with E-state index in [2.05, 4.69) is 78.7 Å². The molecule has 9 nitrogen and oxygen atoms in total. The van der Waals surface area contributed by atoms with Crippen molar-refractivity contribution in [3.63, 3.8) is 0 Å². The molecule has 6 rings (SSSR count). The molecule has 0 amide bonds. The van der Waals surface area contributed by atoms with Crippen LogP contribution in [0.2, 0.25) is 15.1 Å². The van der Waals surface area contributed by atoms with E-state index < -0.39 is 5.82 Å². The maximum Gasteiger partial charge on any atom is 0.126 e. The molecule has 6 aromatic rings. The lowest BCUT2D eigenvalue weighted by Gasteiger charge is -2.10. The second kappa shape index (κ2) is 20.4. The van der Waals surface area contributed by atoms with Crippen LogP contribution in [0.5, 0.6) is 17.2 Å². The second-order valence-corrected chi connectivity index (χ2v) is 14.7. The van der Waals surface area contributed by atoms with E-state index in [0.29, 0.717) is 45.8 Å². The van der Waals surface area contributed by atoms with Gasteiger partial charge in [-0.15, -0.1) is 0 Å². The Morgan fingerprint density at radius 2 is 1.04 bits per heavy atom. The average molecular weight is 959 g/mol. The standard InChI is InChI=1S/C12H9BrCl2N2O.C12H10BrClN2O.C12H10BrFN2O/c13-7-1-9(5-16-4-7)17-6-10-11(15)2-8(14)3-12(10)18;13-9-4-11(7-15-6-9)16-5-8-3-10(14)1-2-12(8)17;13-9-3-11(7-15-6-9)16-5-8-1-2-10(14)4-12(8)17/h1-5,17-18H,6H2;2*1-4,6-7,16-17H,5H2. The van der Waals surface area contributed by atoms with Gasteiger partial charge in [0.2, 0.25) is 0 Å². The van der Waals surface area contributed by atoms with Gasteiger partial charge in [-0.3, -0.25) is 15.0 Å². The summed E-state index contributed by atoms with van der Waals surface area (Å²) in [7, 11) is 0. The first-order valence-electron chi connectivity index (χ1n) is 15.0. The monoisotopic (exact) mass is 954 g/mol. The highest BCUT2D eigenvalue weighted by molar-refractivity contribution is 9.11. The molecule has 0 aliphatic rings. The van der Waals surface area contributed by atoms with Crippen molar-refractivity contribution in [1.82, 2.24) is 15.0 Å². The molecule has 6 N–H and O–H groups in total. The Bertz CT molecular complexity index is 2100. The minimum Gasteiger partial charge on any atom is -0.508 e. The van der Waals surface area contributed by atoms with Crippen LogP contribution in [0, 0.1) is 5.82 Å². The van der Waals surface area contributed by atoms with Crippen LogP contribution in [0.1, 0.15) is 16.7 Å². The number of hydrogen-bond acceptors (Lipinski definition) is 9. The number of anilines is 3. The molecule has 16 heteroatoms. The second-order valence-electron chi connectivity index (χ2n) is 10.7. The van der Waals surface area contributed by atoms with Gasteiger partial charge in [-0.25, -0.2) is 4.39 Å². The molecule has 3 aromatic carbocycles. The quantitative estimate of drug-likeness (QED) is 0.0837. The van der Waals surface area contributed by atoms with Gasteiger partial charge in [-0.05, 0) is 102 Å². The summed E-state index contributed by atoms with van der Waals surface area (Å²) >= 11 is 27.7. The van der Waals surface area contributed by atoms with Gasteiger partial charge in [-0.1, -0.05) is 40.9 Å². The molecule has 0 radical (unpaired) electrons. The van der Waals surface area contributed by atoms with Gasteiger partial charge in [0, 0.05) is 84.4 Å². The fourth-order valence-corrected chi connectivity index (χ4v) is 6.10. The average Bonchev–Trinajstić information content (AvgIpc) is 3.09. The van der Waals surface area contributed by atoms with Crippen molar-refractivity contribution in [3.8, 4) is 17.2 Å². The Morgan fingerprint density at radius 3 is 1.54 bits per heavy atom. The van der Waals surface area contributed by atoms with Gasteiger partial charge >= 0.3 is 0 Å². The lowest BCUT2D eigenvalue weighted by Crippen LogP contribution is -2.01. The molecule has 0 aliphatic carbocycles. The normalized spacial score (nSPS) is 10.3. The zero-order valence-corrected chi connectivity index (χ0v) is 33.8. The van der Waals surface area contributed by atoms with Crippen molar-refractivity contribution in [2.45, 2.75) is 19.6 Å². The summed E-state index contributed by atoms with van der Waals surface area (Å²) in [5, 5.41) is 39.7. The molecule has 0 saturated heterocycles. The Kier molecular flexibility index (Phi) is 16.1. The Hall–Kier alpha value is -3.85. The van der Waals surface area contributed by atoms with E-state index in [1.807, 2.05) is 18.2 Å². The van der Waals surface area contributed by atoms with E-state index in [4.69, 9.17) is 34.8 Å². The first kappa shape index (κ1) is 40.9. The molecule has 270 valence electrons. The van der Waals surface area contributed by atoms with Crippen LogP contribution >= 0.6 is 82.6 Å². The SMILES string of the molecule is Oc1cc(Cl)cc(Cl)c1CNc1cncc(Br)c1.Oc1cc(F)ccc1CNc1cncc(Br)c1.Oc1ccc(Cl)cc1CNc1cncc(Br)c1. The smallest absolute Gasteiger partial charge is 0.126 e. The topological polar surface area (TPSA) is 135 Å². The summed E-state index contributed by atoms with van der Waals surface area (Å²) in [5.74, 6) is -0.205. The lowest BCUT2D eigenvalue weighted by molar-refractivity contribution is 0.463. The van der Waals surface area contributed by atoms with Gasteiger partial charge in [0.25, 0.3) is 0 Å². The van der Waals surface area contributed by atoms with Gasteiger partial charge in [0.1, 0.15) is 23.1 Å². The molecule has 0 spiro atoms. The Balaban J connectivity index is 0.000000175. The number of rotatable bonds is 9. The van der Waals surface area contributed by atoms with Crippen LogP contribution < -0.4 is 16.0 Å². The predicted molar refractivity (Wildman–Crippen MR) is 217 cm³/mol. The van der Waals surface area contributed by atoms with Crippen LogP contribution in [0.15, 0.2) is 117 Å². The van der Waals surface area contributed by atoms with Crippen molar-refractivity contribution < 1.29 is 19.7 Å². The van der Waals surface area contributed by atoms with Crippen LogP contribution in [0.3, 0.4) is 0 Å². The number of phenolic OH excluding ortho intramolecular Hbond substituents is 3. The third kappa shape index (κ3) is 13.6. The molecule has 3 heterocycles. The van der Waals surface area contributed by atoms with E-state index in [9.17, 15) is 19.7 Å². The maximum absolute atomic E-state index is 12.8. The van der Waals surface area contributed by atoms with Gasteiger partial charge in [0.05, 0.1) is 40.7 Å². The van der Waals surface area contributed by atoms with Crippen LogP contribution in [0.4, 0.5) is 21.5 Å². The van der Waals surface area contributed by atoms with E-state index in [0.717, 1.165) is 42.1 Å². The maximum atomic E-state index is 12.8. The van der Waals surface area contributed by atoms with Crippen LogP contribution in [-0.4, -0.2) is 30.3 Å². The Morgan fingerprint density at radius 1 is 0.519 bits per heavy atom. The van der Waals surface area contributed by atoms with Crippen molar-refractivity contribution >= 4 is 99.7 Å². The summed E-state index contributed by atoms with van der Waals surface area (Å²) in [6.45, 7) is 1.29. The highest BCUT2D eigenvalue weighted by atomic mass is 79.9. The summed E-state index contributed by atoms with van der Waals surface area (Å²) < 4.78 is 15.4. The number of halogens is 7. The van der Waals surface area contributed by atoms with Gasteiger partial charge in [0.15, 0.2) is 0 Å². The number of benzene rings is 3. The molecule has 52 heavy (non-hydrogen) atoms. The number of phenols is 3. The molecule has 0 bridgehead atoms. The van der Waals surface area contributed by atoms with E-state index in [1.165, 1.54) is 12.1 Å². The molecule has 0 unspecified atom stereocenters. The largest absolute Gasteiger partial charge is 0.508 e. The summed E-state index contributed by atoms with van der Waals surface area (Å²) in [6, 6.07) is 17.6. The third-order valence-corrected chi connectivity index (χ3v) is 8.87. The molecule has 0 fully saturated rings. The lowest BCUT2D eigenvalue weighted by atomic mass is 10.2. The summed E-state index contributed by atoms with van der Waals surface area (Å²) in [4.78, 5) is 12.1. The molecule has 0 aliphatic heterocycles. The van der Waals surface area contributed by atoms with Gasteiger partial charge in [-0.2, -0.15) is 0 Å². The minimum absolute atomic E-state index is 0.0551. The summed E-state index contributed by atoms with van der Waals surface area (Å²) in [5.41, 5.74) is 4.50. The van der Waals surface area contributed by atoms with E-state index in [1.54, 1.807) is 67.5 Å². The summed E-state index contributed by atoms with van der Waals surface area (Å²) in [6.07, 6.45) is 10.2. The number of pyridine rings is 3. The molecule has 0 atom stereocenters. The minimum atomic E-state index is -0.449. The van der Waals surface area contributed by atoms with Gasteiger partial charge < -0.3 is 31.3 Å². The molecular weight excluding hydrogens is 930 g/mol. The first-order valence-corrected chi connectivity index (χ1v) is 18.5. The first-order chi connectivity index (χ1) is 24.9. The van der Waals surface area contributed by atoms with Crippen molar-refractivity contribution in [1.29, 1.82) is 0 Å². The fourth-order valence-electron chi connectivity index (χ4n) is 4.26. The fraction of sp³-hybridized carbons (Fsp3) is 0.0833. The van der Waals surface area contributed by atoms with Crippen molar-refractivity contribution in [2.75, 3.05) is 16.0 Å². The predicted octanol–water partition coefficient (Wildman–Crippen LogP) is 11.6. The highest BCUT2D eigenvalue weighted by Gasteiger charge is 2.09. The van der Waals surface area contributed by atoms with E-state index in [-0.39, 0.29) is 17.2 Å². The van der Waals surface area contributed by atoms with E-state index >= 15 is 0 Å². The molecule has 3 aromatic heterocycles. The highest BCUT2D eigenvalue weighted by Crippen LogP contribution is 2.31. The number of aromatic nitrogens is 3. The van der Waals surface area contributed by atoms with Crippen molar-refractivity contribution in [2.24, 2.45) is 0 Å². The number of nitrogens with zero attached hydrogens (tertiary/aromatic N) is 3. The molecule has 0 saturated carbocycles. The van der Waals surface area contributed by atoms with Crippen LogP contribution in [0.25, 0.3) is 0 Å². The number of nitrogens with one attached hydrogen (secondary N) is 3.